The Balaban J connectivity index is 1.26. The quantitative estimate of drug-likeness (QED) is 0.661. The van der Waals surface area contributed by atoms with E-state index in [0.717, 1.165) is 50.1 Å². The van der Waals surface area contributed by atoms with Crippen molar-refractivity contribution in [2.45, 2.75) is 50.4 Å². The molecule has 6 rings (SSSR count). The molecular formula is C24H28N6O3. The Morgan fingerprint density at radius 1 is 1.21 bits per heavy atom. The van der Waals surface area contributed by atoms with Crippen LogP contribution in [0.15, 0.2) is 24.5 Å². The van der Waals surface area contributed by atoms with Gasteiger partial charge in [-0.05, 0) is 36.6 Å². The fraction of sp³-hybridized carbons (Fsp3) is 0.500. The van der Waals surface area contributed by atoms with Gasteiger partial charge in [-0.1, -0.05) is 12.1 Å². The van der Waals surface area contributed by atoms with Crippen LogP contribution in [-0.2, 0) is 41.7 Å². The average molecular weight is 449 g/mol. The molecule has 0 saturated carbocycles. The van der Waals surface area contributed by atoms with Crippen molar-refractivity contribution in [1.29, 1.82) is 0 Å². The standard InChI is InChI=1S/C24H28N6O3/c1-28-14-26-18-6-9-29(24(21(18)28)7-8-25-13-24)11-15-2-3-16-12-30(23(33)17(16)10-15)19-4-5-20(31)27-22(19)32/h2-3,10,14,19,25H,4-9,11-13H2,1H3,(H,27,31,32). The Labute approximate surface area is 192 Å². The predicted molar refractivity (Wildman–Crippen MR) is 119 cm³/mol. The van der Waals surface area contributed by atoms with Gasteiger partial charge in [-0.15, -0.1) is 0 Å². The van der Waals surface area contributed by atoms with E-state index in [-0.39, 0.29) is 29.7 Å². The minimum absolute atomic E-state index is 0.0827. The van der Waals surface area contributed by atoms with Gasteiger partial charge in [0.2, 0.25) is 11.8 Å². The monoisotopic (exact) mass is 448 g/mol. The van der Waals surface area contributed by atoms with Gasteiger partial charge in [-0.3, -0.25) is 24.6 Å². The minimum atomic E-state index is -0.579. The second-order valence-electron chi connectivity index (χ2n) is 9.67. The summed E-state index contributed by atoms with van der Waals surface area (Å²) in [7, 11) is 2.08. The molecule has 2 atom stereocenters. The zero-order valence-electron chi connectivity index (χ0n) is 18.8. The maximum Gasteiger partial charge on any atom is 0.255 e. The van der Waals surface area contributed by atoms with Crippen molar-refractivity contribution in [3.05, 3.63) is 52.6 Å². The molecule has 1 aromatic carbocycles. The van der Waals surface area contributed by atoms with E-state index in [4.69, 9.17) is 0 Å². The number of aromatic nitrogens is 2. The lowest BCUT2D eigenvalue weighted by Gasteiger charge is -2.44. The van der Waals surface area contributed by atoms with Crippen molar-refractivity contribution >= 4 is 17.7 Å². The smallest absolute Gasteiger partial charge is 0.255 e. The molecule has 4 aliphatic rings. The van der Waals surface area contributed by atoms with Crippen LogP contribution in [0.2, 0.25) is 0 Å². The molecule has 1 spiro atoms. The van der Waals surface area contributed by atoms with Gasteiger partial charge < -0.3 is 14.8 Å². The number of imide groups is 1. The molecule has 9 heteroatoms. The van der Waals surface area contributed by atoms with Gasteiger partial charge in [0.25, 0.3) is 5.91 Å². The van der Waals surface area contributed by atoms with Crippen LogP contribution in [0.3, 0.4) is 0 Å². The van der Waals surface area contributed by atoms with Crippen molar-refractivity contribution in [2.75, 3.05) is 19.6 Å². The number of piperidine rings is 1. The van der Waals surface area contributed by atoms with Gasteiger partial charge in [-0.2, -0.15) is 0 Å². The zero-order valence-corrected chi connectivity index (χ0v) is 18.8. The van der Waals surface area contributed by atoms with Crippen LogP contribution in [0.1, 0.15) is 52.1 Å². The lowest BCUT2D eigenvalue weighted by Crippen LogP contribution is -2.52. The number of amides is 3. The average Bonchev–Trinajstić information content (AvgIpc) is 3.50. The van der Waals surface area contributed by atoms with Crippen LogP contribution in [-0.4, -0.2) is 62.7 Å². The molecule has 1 aromatic heterocycles. The number of carbonyl (C=O) groups is 3. The van der Waals surface area contributed by atoms with Crippen molar-refractivity contribution in [3.8, 4) is 0 Å². The third-order valence-corrected chi connectivity index (χ3v) is 7.78. The van der Waals surface area contributed by atoms with Crippen LogP contribution in [0.5, 0.6) is 0 Å². The number of rotatable bonds is 3. The van der Waals surface area contributed by atoms with Crippen LogP contribution in [0.25, 0.3) is 0 Å². The van der Waals surface area contributed by atoms with E-state index in [1.165, 1.54) is 11.4 Å². The predicted octanol–water partition coefficient (Wildman–Crippen LogP) is 0.428. The van der Waals surface area contributed by atoms with Gasteiger partial charge in [0.05, 0.1) is 23.3 Å². The highest BCUT2D eigenvalue weighted by Crippen LogP contribution is 2.40. The molecule has 0 bridgehead atoms. The summed E-state index contributed by atoms with van der Waals surface area (Å²) in [5.41, 5.74) is 5.14. The van der Waals surface area contributed by atoms with Crippen molar-refractivity contribution in [3.63, 3.8) is 0 Å². The molecule has 2 aromatic rings. The summed E-state index contributed by atoms with van der Waals surface area (Å²) in [6.45, 7) is 3.97. The molecule has 2 N–H and O–H groups in total. The molecule has 0 aliphatic carbocycles. The molecule has 2 saturated heterocycles. The largest absolute Gasteiger partial charge is 0.336 e. The number of fused-ring (bicyclic) bond motifs is 3. The second kappa shape index (κ2) is 7.50. The van der Waals surface area contributed by atoms with E-state index in [1.807, 2.05) is 18.5 Å². The van der Waals surface area contributed by atoms with Crippen molar-refractivity contribution < 1.29 is 14.4 Å². The first-order valence-corrected chi connectivity index (χ1v) is 11.7. The molecule has 172 valence electrons. The SMILES string of the molecule is Cn1cnc2c1C1(CCNC1)N(Cc1ccc3c(c1)C(=O)N(C1CCC(=O)NC1=O)C3)CC2. The number of carbonyl (C=O) groups excluding carboxylic acids is 3. The summed E-state index contributed by atoms with van der Waals surface area (Å²) in [5, 5.41) is 5.92. The Bertz CT molecular complexity index is 1160. The first-order valence-electron chi connectivity index (χ1n) is 11.7. The zero-order chi connectivity index (χ0) is 22.7. The van der Waals surface area contributed by atoms with Crippen LogP contribution in [0, 0.1) is 0 Å². The molecule has 5 heterocycles. The lowest BCUT2D eigenvalue weighted by atomic mass is 9.85. The van der Waals surface area contributed by atoms with Crippen LogP contribution >= 0.6 is 0 Å². The summed E-state index contributed by atoms with van der Waals surface area (Å²) in [5.74, 6) is -0.758. The van der Waals surface area contributed by atoms with Gasteiger partial charge in [0.15, 0.2) is 0 Å². The molecular weight excluding hydrogens is 420 g/mol. The van der Waals surface area contributed by atoms with Crippen LogP contribution < -0.4 is 10.6 Å². The molecule has 4 aliphatic heterocycles. The van der Waals surface area contributed by atoms with Gasteiger partial charge >= 0.3 is 0 Å². The maximum absolute atomic E-state index is 13.2. The summed E-state index contributed by atoms with van der Waals surface area (Å²) in [4.78, 5) is 45.8. The highest BCUT2D eigenvalue weighted by molar-refractivity contribution is 6.05. The molecule has 2 fully saturated rings. The van der Waals surface area contributed by atoms with Gasteiger partial charge in [0, 0.05) is 51.6 Å². The normalized spacial score (nSPS) is 27.2. The van der Waals surface area contributed by atoms with E-state index in [1.54, 1.807) is 4.90 Å². The molecule has 2 unspecified atom stereocenters. The Morgan fingerprint density at radius 3 is 2.88 bits per heavy atom. The van der Waals surface area contributed by atoms with E-state index in [9.17, 15) is 14.4 Å². The topological polar surface area (TPSA) is 99.6 Å². The highest BCUT2D eigenvalue weighted by Gasteiger charge is 2.47. The van der Waals surface area contributed by atoms with Gasteiger partial charge in [-0.25, -0.2) is 4.98 Å². The number of nitrogens with zero attached hydrogens (tertiary/aromatic N) is 4. The van der Waals surface area contributed by atoms with Gasteiger partial charge in [0.1, 0.15) is 6.04 Å². The molecule has 9 nitrogen and oxygen atoms in total. The third kappa shape index (κ3) is 3.13. The van der Waals surface area contributed by atoms with E-state index in [0.29, 0.717) is 18.5 Å². The number of imidazole rings is 1. The Morgan fingerprint density at radius 2 is 2.09 bits per heavy atom. The molecule has 0 radical (unpaired) electrons. The fourth-order valence-electron chi connectivity index (χ4n) is 6.16. The second-order valence-corrected chi connectivity index (χ2v) is 9.67. The first-order chi connectivity index (χ1) is 16.0. The molecule has 33 heavy (non-hydrogen) atoms. The molecule has 3 amide bonds. The van der Waals surface area contributed by atoms with E-state index < -0.39 is 6.04 Å². The number of nitrogens with one attached hydrogen (secondary N) is 2. The first kappa shape index (κ1) is 20.6. The van der Waals surface area contributed by atoms with E-state index in [2.05, 4.69) is 38.2 Å². The Hall–Kier alpha value is -3.04. The van der Waals surface area contributed by atoms with Crippen LogP contribution in [0.4, 0.5) is 0 Å². The highest BCUT2D eigenvalue weighted by atomic mass is 16.2. The number of benzene rings is 1. The lowest BCUT2D eigenvalue weighted by molar-refractivity contribution is -0.136. The number of hydrogen-bond donors (Lipinski definition) is 2. The fourth-order valence-corrected chi connectivity index (χ4v) is 6.16. The van der Waals surface area contributed by atoms with Crippen molar-refractivity contribution in [1.82, 2.24) is 30.0 Å². The number of hydrogen-bond acceptors (Lipinski definition) is 6. The summed E-state index contributed by atoms with van der Waals surface area (Å²) in [6, 6.07) is 5.55. The van der Waals surface area contributed by atoms with Crippen molar-refractivity contribution in [2.24, 2.45) is 7.05 Å². The summed E-state index contributed by atoms with van der Waals surface area (Å²) >= 11 is 0. The third-order valence-electron chi connectivity index (χ3n) is 7.78. The number of aryl methyl sites for hydroxylation is 1. The summed E-state index contributed by atoms with van der Waals surface area (Å²) < 4.78 is 2.17. The maximum atomic E-state index is 13.2. The Kier molecular flexibility index (Phi) is 4.67. The van der Waals surface area contributed by atoms with E-state index >= 15 is 0 Å². The summed E-state index contributed by atoms with van der Waals surface area (Å²) in [6.07, 6.45) is 4.53. The minimum Gasteiger partial charge on any atom is -0.336 e.